The van der Waals surface area contributed by atoms with Gasteiger partial charge in [-0.3, -0.25) is 4.40 Å². The van der Waals surface area contributed by atoms with Crippen LogP contribution in [0.1, 0.15) is 5.69 Å². The minimum absolute atomic E-state index is 0.913. The first-order valence-corrected chi connectivity index (χ1v) is 6.12. The van der Waals surface area contributed by atoms with Crippen molar-refractivity contribution in [1.29, 1.82) is 0 Å². The molecule has 0 amide bonds. The smallest absolute Gasteiger partial charge is 0.195 e. The zero-order chi connectivity index (χ0) is 10.3. The van der Waals surface area contributed by atoms with Crippen LogP contribution in [0, 0.1) is 6.92 Å². The second-order valence-electron chi connectivity index (χ2n) is 3.13. The Morgan fingerprint density at radius 1 is 1.40 bits per heavy atom. The molecular weight excluding hydrogens is 228 g/mol. The fourth-order valence-corrected chi connectivity index (χ4v) is 2.88. The van der Waals surface area contributed by atoms with E-state index in [-0.39, 0.29) is 0 Å². The number of nitrogens with one attached hydrogen (secondary N) is 1. The van der Waals surface area contributed by atoms with Crippen LogP contribution >= 0.6 is 22.7 Å². The summed E-state index contributed by atoms with van der Waals surface area (Å²) in [6.07, 6.45) is 5.83. The molecule has 0 fully saturated rings. The zero-order valence-electron chi connectivity index (χ0n) is 7.97. The molecule has 0 aliphatic heterocycles. The summed E-state index contributed by atoms with van der Waals surface area (Å²) in [5.74, 6) is 0. The van der Waals surface area contributed by atoms with Crippen LogP contribution in [0.15, 0.2) is 24.0 Å². The van der Waals surface area contributed by atoms with Crippen LogP contribution in [0.25, 0.3) is 4.96 Å². The third-order valence-electron chi connectivity index (χ3n) is 1.94. The molecule has 0 aromatic carbocycles. The number of aryl methyl sites for hydroxylation is 1. The monoisotopic (exact) mass is 236 g/mol. The average Bonchev–Trinajstić information content (AvgIpc) is 2.81. The number of fused-ring (bicyclic) bond motifs is 1. The van der Waals surface area contributed by atoms with Gasteiger partial charge in [-0.1, -0.05) is 11.3 Å². The van der Waals surface area contributed by atoms with Crippen LogP contribution in [0.2, 0.25) is 0 Å². The number of hydrogen-bond donors (Lipinski definition) is 1. The van der Waals surface area contributed by atoms with E-state index in [4.69, 9.17) is 0 Å². The Bertz CT molecular complexity index is 547. The molecule has 0 radical (unpaired) electrons. The molecule has 1 N–H and O–H groups in total. The predicted octanol–water partition coefficient (Wildman–Crippen LogP) is 2.90. The molecule has 6 heteroatoms. The van der Waals surface area contributed by atoms with Gasteiger partial charge in [-0.15, -0.1) is 11.3 Å². The lowest BCUT2D eigenvalue weighted by Crippen LogP contribution is -1.84. The molecule has 4 nitrogen and oxygen atoms in total. The number of anilines is 2. The molecule has 0 unspecified atom stereocenters. The van der Waals surface area contributed by atoms with Crippen LogP contribution in [0.5, 0.6) is 0 Å². The second kappa shape index (κ2) is 3.32. The standard InChI is InChI=1S/C9H8N4S2/c1-6-4-13-5-7(15-9(13)11-6)12-8-10-2-3-14-8/h2-5H,1H3,(H,10,12). The van der Waals surface area contributed by atoms with Crippen molar-refractivity contribution in [3.63, 3.8) is 0 Å². The summed E-state index contributed by atoms with van der Waals surface area (Å²) in [7, 11) is 0. The Hall–Kier alpha value is -1.40. The highest BCUT2D eigenvalue weighted by atomic mass is 32.1. The summed E-state index contributed by atoms with van der Waals surface area (Å²) in [4.78, 5) is 9.56. The number of nitrogens with zero attached hydrogens (tertiary/aromatic N) is 3. The molecule has 0 atom stereocenters. The Morgan fingerprint density at radius 2 is 2.33 bits per heavy atom. The van der Waals surface area contributed by atoms with E-state index in [1.54, 1.807) is 28.9 Å². The molecule has 3 aromatic rings. The van der Waals surface area contributed by atoms with E-state index in [2.05, 4.69) is 15.3 Å². The van der Waals surface area contributed by atoms with E-state index in [9.17, 15) is 0 Å². The maximum Gasteiger partial charge on any atom is 0.195 e. The van der Waals surface area contributed by atoms with Crippen molar-refractivity contribution in [3.05, 3.63) is 29.7 Å². The number of thiazole rings is 2. The third kappa shape index (κ3) is 1.62. The van der Waals surface area contributed by atoms with Crippen molar-refractivity contribution in [2.24, 2.45) is 0 Å². The first-order chi connectivity index (χ1) is 7.31. The van der Waals surface area contributed by atoms with Gasteiger partial charge >= 0.3 is 0 Å². The molecule has 0 bridgehead atoms. The van der Waals surface area contributed by atoms with Gasteiger partial charge < -0.3 is 5.32 Å². The number of aromatic nitrogens is 3. The minimum Gasteiger partial charge on any atom is -0.322 e. The van der Waals surface area contributed by atoms with E-state index in [0.29, 0.717) is 0 Å². The van der Waals surface area contributed by atoms with Crippen molar-refractivity contribution in [2.75, 3.05) is 5.32 Å². The van der Waals surface area contributed by atoms with E-state index in [1.165, 1.54) is 0 Å². The molecule has 3 aromatic heterocycles. The number of imidazole rings is 1. The maximum absolute atomic E-state index is 4.39. The highest BCUT2D eigenvalue weighted by Gasteiger charge is 2.04. The molecule has 3 rings (SSSR count). The van der Waals surface area contributed by atoms with Gasteiger partial charge in [0, 0.05) is 24.0 Å². The van der Waals surface area contributed by atoms with Crippen molar-refractivity contribution in [3.8, 4) is 0 Å². The summed E-state index contributed by atoms with van der Waals surface area (Å²) in [6, 6.07) is 0. The lowest BCUT2D eigenvalue weighted by Gasteiger charge is -1.94. The van der Waals surface area contributed by atoms with Crippen molar-refractivity contribution >= 4 is 37.8 Å². The van der Waals surface area contributed by atoms with Crippen molar-refractivity contribution in [2.45, 2.75) is 6.92 Å². The van der Waals surface area contributed by atoms with Gasteiger partial charge in [0.25, 0.3) is 0 Å². The highest BCUT2D eigenvalue weighted by Crippen LogP contribution is 2.26. The van der Waals surface area contributed by atoms with Gasteiger partial charge in [-0.25, -0.2) is 9.97 Å². The fourth-order valence-electron chi connectivity index (χ4n) is 1.36. The topological polar surface area (TPSA) is 42.2 Å². The predicted molar refractivity (Wildman–Crippen MR) is 63.2 cm³/mol. The van der Waals surface area contributed by atoms with E-state index < -0.39 is 0 Å². The van der Waals surface area contributed by atoms with Gasteiger partial charge in [0.2, 0.25) is 0 Å². The summed E-state index contributed by atoms with van der Waals surface area (Å²) < 4.78 is 2.02. The molecule has 0 saturated carbocycles. The lowest BCUT2D eigenvalue weighted by molar-refractivity contribution is 1.22. The Balaban J connectivity index is 1.95. The van der Waals surface area contributed by atoms with Gasteiger partial charge in [0.15, 0.2) is 10.1 Å². The molecule has 0 saturated heterocycles. The van der Waals surface area contributed by atoms with Crippen LogP contribution < -0.4 is 5.32 Å². The number of rotatable bonds is 2. The Kier molecular flexibility index (Phi) is 1.96. The van der Waals surface area contributed by atoms with E-state index >= 15 is 0 Å². The Labute approximate surface area is 94.2 Å². The van der Waals surface area contributed by atoms with Gasteiger partial charge in [-0.2, -0.15) is 0 Å². The van der Waals surface area contributed by atoms with Gasteiger partial charge in [0.1, 0.15) is 5.00 Å². The van der Waals surface area contributed by atoms with Crippen LogP contribution in [0.3, 0.4) is 0 Å². The average molecular weight is 236 g/mol. The Morgan fingerprint density at radius 3 is 3.07 bits per heavy atom. The van der Waals surface area contributed by atoms with Crippen molar-refractivity contribution in [1.82, 2.24) is 14.4 Å². The maximum atomic E-state index is 4.39. The van der Waals surface area contributed by atoms with E-state index in [0.717, 1.165) is 20.8 Å². The molecular formula is C9H8N4S2. The zero-order valence-corrected chi connectivity index (χ0v) is 9.60. The van der Waals surface area contributed by atoms with Crippen molar-refractivity contribution < 1.29 is 0 Å². The first-order valence-electron chi connectivity index (χ1n) is 4.43. The largest absolute Gasteiger partial charge is 0.322 e. The van der Waals surface area contributed by atoms with Crippen LogP contribution in [-0.2, 0) is 0 Å². The van der Waals surface area contributed by atoms with E-state index in [1.807, 2.05) is 29.1 Å². The quantitative estimate of drug-likeness (QED) is 0.744. The first kappa shape index (κ1) is 8.87. The third-order valence-corrected chi connectivity index (χ3v) is 3.54. The summed E-state index contributed by atoms with van der Waals surface area (Å²) in [6.45, 7) is 1.99. The molecule has 3 heterocycles. The normalized spacial score (nSPS) is 11.0. The van der Waals surface area contributed by atoms with Gasteiger partial charge in [-0.05, 0) is 6.92 Å². The fraction of sp³-hybridized carbons (Fsp3) is 0.111. The molecule has 0 aliphatic rings. The molecule has 15 heavy (non-hydrogen) atoms. The summed E-state index contributed by atoms with van der Waals surface area (Å²) in [5.41, 5.74) is 1.04. The minimum atomic E-state index is 0.913. The second-order valence-corrected chi connectivity index (χ2v) is 5.03. The molecule has 0 spiro atoms. The number of hydrogen-bond acceptors (Lipinski definition) is 5. The van der Waals surface area contributed by atoms with Gasteiger partial charge in [0.05, 0.1) is 5.69 Å². The molecule has 0 aliphatic carbocycles. The summed E-state index contributed by atoms with van der Waals surface area (Å²) in [5, 5.41) is 7.17. The summed E-state index contributed by atoms with van der Waals surface area (Å²) >= 11 is 3.21. The highest BCUT2D eigenvalue weighted by molar-refractivity contribution is 7.21. The SMILES string of the molecule is Cc1cn2cc(Nc3nccs3)sc2n1. The van der Waals surface area contributed by atoms with Crippen LogP contribution in [0.4, 0.5) is 10.1 Å². The molecule has 76 valence electrons. The lowest BCUT2D eigenvalue weighted by atomic mass is 10.6. The van der Waals surface area contributed by atoms with Crippen LogP contribution in [-0.4, -0.2) is 14.4 Å².